The Hall–Kier alpha value is -2.04. The van der Waals surface area contributed by atoms with Crippen molar-refractivity contribution in [3.63, 3.8) is 0 Å². The Morgan fingerprint density at radius 3 is 2.81 bits per heavy atom. The second-order valence-corrected chi connectivity index (χ2v) is 3.83. The van der Waals surface area contributed by atoms with E-state index in [1.807, 2.05) is 19.1 Å². The second kappa shape index (κ2) is 3.52. The minimum absolute atomic E-state index is 0.393. The number of rotatable bonds is 2. The van der Waals surface area contributed by atoms with Gasteiger partial charge < -0.3 is 10.1 Å². The van der Waals surface area contributed by atoms with Gasteiger partial charge in [-0.25, -0.2) is 9.59 Å². The van der Waals surface area contributed by atoms with Gasteiger partial charge >= 0.3 is 11.7 Å². The number of benzene rings is 1. The zero-order chi connectivity index (χ0) is 11.9. The van der Waals surface area contributed by atoms with Gasteiger partial charge in [0.05, 0.1) is 11.0 Å². The number of aliphatic carboxylic acids is 1. The smallest absolute Gasteiger partial charge is 0.327 e. The third-order valence-corrected chi connectivity index (χ3v) is 2.62. The lowest BCUT2D eigenvalue weighted by Gasteiger charge is -2.07. The molecule has 0 bridgehead atoms. The van der Waals surface area contributed by atoms with Crippen molar-refractivity contribution in [2.45, 2.75) is 19.9 Å². The van der Waals surface area contributed by atoms with Crippen LogP contribution in [-0.4, -0.2) is 20.6 Å². The van der Waals surface area contributed by atoms with E-state index in [4.69, 9.17) is 5.11 Å². The summed E-state index contributed by atoms with van der Waals surface area (Å²) in [5.41, 5.74) is 1.91. The SMILES string of the molecule is Cc1ccc2c(c1)[nH]c(=O)n2C(C)C(=O)O. The van der Waals surface area contributed by atoms with E-state index in [9.17, 15) is 9.59 Å². The number of carboxylic acid groups (broad SMARTS) is 1. The van der Waals surface area contributed by atoms with Crippen LogP contribution in [0.5, 0.6) is 0 Å². The van der Waals surface area contributed by atoms with Gasteiger partial charge in [0.15, 0.2) is 0 Å². The van der Waals surface area contributed by atoms with Crippen molar-refractivity contribution in [3.05, 3.63) is 34.2 Å². The fourth-order valence-electron chi connectivity index (χ4n) is 1.74. The molecule has 1 heterocycles. The number of carbonyl (C=O) groups is 1. The van der Waals surface area contributed by atoms with Crippen LogP contribution in [0.25, 0.3) is 11.0 Å². The number of imidazole rings is 1. The number of carboxylic acids is 1. The van der Waals surface area contributed by atoms with Crippen LogP contribution in [0.4, 0.5) is 0 Å². The molecule has 0 aliphatic rings. The highest BCUT2D eigenvalue weighted by molar-refractivity contribution is 5.79. The Labute approximate surface area is 91.3 Å². The summed E-state index contributed by atoms with van der Waals surface area (Å²) in [4.78, 5) is 25.2. The molecule has 2 aromatic rings. The molecule has 84 valence electrons. The maximum absolute atomic E-state index is 11.6. The van der Waals surface area contributed by atoms with E-state index >= 15 is 0 Å². The number of aromatic nitrogens is 2. The normalized spacial score (nSPS) is 12.9. The highest BCUT2D eigenvalue weighted by atomic mass is 16.4. The van der Waals surface area contributed by atoms with Gasteiger partial charge in [0.25, 0.3) is 0 Å². The predicted molar refractivity (Wildman–Crippen MR) is 59.6 cm³/mol. The van der Waals surface area contributed by atoms with E-state index in [2.05, 4.69) is 4.98 Å². The minimum atomic E-state index is -1.02. The molecule has 0 amide bonds. The van der Waals surface area contributed by atoms with Crippen LogP contribution < -0.4 is 5.69 Å². The van der Waals surface area contributed by atoms with Crippen LogP contribution in [0.3, 0.4) is 0 Å². The molecule has 1 aromatic carbocycles. The lowest BCUT2D eigenvalue weighted by atomic mass is 10.2. The molecule has 0 aliphatic carbocycles. The summed E-state index contributed by atoms with van der Waals surface area (Å²) in [6.07, 6.45) is 0. The number of aryl methyl sites for hydroxylation is 1. The van der Waals surface area contributed by atoms with Crippen LogP contribution in [0.2, 0.25) is 0 Å². The molecule has 1 unspecified atom stereocenters. The van der Waals surface area contributed by atoms with Gasteiger partial charge in [-0.05, 0) is 31.5 Å². The van der Waals surface area contributed by atoms with Crippen molar-refractivity contribution in [3.8, 4) is 0 Å². The quantitative estimate of drug-likeness (QED) is 0.800. The standard InChI is InChI=1S/C11H12N2O3/c1-6-3-4-9-8(5-6)12-11(16)13(9)7(2)10(14)15/h3-5,7H,1-2H3,(H,12,16)(H,14,15). The van der Waals surface area contributed by atoms with E-state index in [0.29, 0.717) is 11.0 Å². The van der Waals surface area contributed by atoms with Crippen molar-refractivity contribution in [1.82, 2.24) is 9.55 Å². The summed E-state index contributed by atoms with van der Waals surface area (Å²) in [6, 6.07) is 4.55. The van der Waals surface area contributed by atoms with Gasteiger partial charge in [-0.2, -0.15) is 0 Å². The van der Waals surface area contributed by atoms with Gasteiger partial charge in [0.1, 0.15) is 6.04 Å². The number of H-pyrrole nitrogens is 1. The first-order valence-electron chi connectivity index (χ1n) is 4.94. The summed E-state index contributed by atoms with van der Waals surface area (Å²) >= 11 is 0. The molecule has 0 radical (unpaired) electrons. The topological polar surface area (TPSA) is 75.1 Å². The number of nitrogens with one attached hydrogen (secondary N) is 1. The summed E-state index contributed by atoms with van der Waals surface area (Å²) in [6.45, 7) is 3.40. The molecular weight excluding hydrogens is 208 g/mol. The van der Waals surface area contributed by atoms with Gasteiger partial charge in [-0.1, -0.05) is 6.07 Å². The highest BCUT2D eigenvalue weighted by Gasteiger charge is 2.18. The molecule has 5 nitrogen and oxygen atoms in total. The molecule has 0 saturated carbocycles. The molecule has 2 N–H and O–H groups in total. The van der Waals surface area contributed by atoms with Crippen LogP contribution in [0.15, 0.2) is 23.0 Å². The third kappa shape index (κ3) is 1.50. The first-order valence-corrected chi connectivity index (χ1v) is 4.94. The second-order valence-electron chi connectivity index (χ2n) is 3.83. The fraction of sp³-hybridized carbons (Fsp3) is 0.273. The van der Waals surface area contributed by atoms with Gasteiger partial charge in [-0.15, -0.1) is 0 Å². The maximum Gasteiger partial charge on any atom is 0.327 e. The van der Waals surface area contributed by atoms with Crippen LogP contribution >= 0.6 is 0 Å². The van der Waals surface area contributed by atoms with E-state index in [1.54, 1.807) is 6.07 Å². The first kappa shape index (κ1) is 10.5. The number of hydrogen-bond donors (Lipinski definition) is 2. The molecule has 0 aliphatic heterocycles. The summed E-state index contributed by atoms with van der Waals surface area (Å²) in [5, 5.41) is 8.92. The van der Waals surface area contributed by atoms with Crippen molar-refractivity contribution in [2.24, 2.45) is 0 Å². The fourth-order valence-corrected chi connectivity index (χ4v) is 1.74. The Balaban J connectivity index is 2.74. The zero-order valence-corrected chi connectivity index (χ0v) is 9.02. The largest absolute Gasteiger partial charge is 0.480 e. The summed E-state index contributed by atoms with van der Waals surface area (Å²) < 4.78 is 1.25. The van der Waals surface area contributed by atoms with Crippen molar-refractivity contribution < 1.29 is 9.90 Å². The average Bonchev–Trinajstić information content (AvgIpc) is 2.51. The van der Waals surface area contributed by atoms with E-state index in [-0.39, 0.29) is 0 Å². The predicted octanol–water partition coefficient (Wildman–Crippen LogP) is 1.28. The van der Waals surface area contributed by atoms with Crippen molar-refractivity contribution >= 4 is 17.0 Å². The van der Waals surface area contributed by atoms with Gasteiger partial charge in [-0.3, -0.25) is 4.57 Å². The van der Waals surface area contributed by atoms with Crippen molar-refractivity contribution in [1.29, 1.82) is 0 Å². The molecule has 1 aromatic heterocycles. The molecule has 1 atom stereocenters. The summed E-state index contributed by atoms with van der Waals surface area (Å²) in [7, 11) is 0. The number of nitrogens with zero attached hydrogens (tertiary/aromatic N) is 1. The molecule has 5 heteroatoms. The Kier molecular flexibility index (Phi) is 2.30. The molecule has 2 rings (SSSR count). The highest BCUT2D eigenvalue weighted by Crippen LogP contribution is 2.16. The lowest BCUT2D eigenvalue weighted by molar-refractivity contribution is -0.140. The number of hydrogen-bond acceptors (Lipinski definition) is 2. The lowest BCUT2D eigenvalue weighted by Crippen LogP contribution is -2.25. The Morgan fingerprint density at radius 2 is 2.19 bits per heavy atom. The Bertz CT molecular complexity index is 609. The molecular formula is C11H12N2O3. The molecule has 0 fully saturated rings. The monoisotopic (exact) mass is 220 g/mol. The molecule has 0 saturated heterocycles. The average molecular weight is 220 g/mol. The van der Waals surface area contributed by atoms with Crippen LogP contribution in [0.1, 0.15) is 18.5 Å². The third-order valence-electron chi connectivity index (χ3n) is 2.62. The molecule has 0 spiro atoms. The van der Waals surface area contributed by atoms with Gasteiger partial charge in [0.2, 0.25) is 0 Å². The van der Waals surface area contributed by atoms with E-state index < -0.39 is 17.7 Å². The maximum atomic E-state index is 11.6. The van der Waals surface area contributed by atoms with E-state index in [0.717, 1.165) is 5.56 Å². The van der Waals surface area contributed by atoms with Crippen LogP contribution in [0, 0.1) is 6.92 Å². The number of fused-ring (bicyclic) bond motifs is 1. The van der Waals surface area contributed by atoms with Crippen molar-refractivity contribution in [2.75, 3.05) is 0 Å². The first-order chi connectivity index (χ1) is 7.50. The van der Waals surface area contributed by atoms with E-state index in [1.165, 1.54) is 11.5 Å². The molecule has 16 heavy (non-hydrogen) atoms. The Morgan fingerprint density at radius 1 is 1.50 bits per heavy atom. The summed E-state index contributed by atoms with van der Waals surface area (Å²) in [5.74, 6) is -1.02. The minimum Gasteiger partial charge on any atom is -0.480 e. The number of aromatic amines is 1. The van der Waals surface area contributed by atoms with Gasteiger partial charge in [0, 0.05) is 0 Å². The van der Waals surface area contributed by atoms with Crippen LogP contribution in [-0.2, 0) is 4.79 Å². The zero-order valence-electron chi connectivity index (χ0n) is 9.02.